The van der Waals surface area contributed by atoms with Gasteiger partial charge in [-0.3, -0.25) is 0 Å². The summed E-state index contributed by atoms with van der Waals surface area (Å²) in [5, 5.41) is 0. The molecular formula is C21H34O. The largest absolute Gasteiger partial charge is 0.303 e. The highest BCUT2D eigenvalue weighted by molar-refractivity contribution is 5.62. The number of aldehydes is 1. The molecule has 0 aliphatic heterocycles. The van der Waals surface area contributed by atoms with Gasteiger partial charge in [0.15, 0.2) is 0 Å². The van der Waals surface area contributed by atoms with Gasteiger partial charge in [-0.25, -0.2) is 0 Å². The molecule has 7 atom stereocenters. The fourth-order valence-corrected chi connectivity index (χ4v) is 7.96. The van der Waals surface area contributed by atoms with Crippen molar-refractivity contribution in [3.8, 4) is 0 Å². The fourth-order valence-electron chi connectivity index (χ4n) is 7.96. The Morgan fingerprint density at radius 1 is 0.955 bits per heavy atom. The van der Waals surface area contributed by atoms with Gasteiger partial charge in [0.2, 0.25) is 0 Å². The van der Waals surface area contributed by atoms with Gasteiger partial charge < -0.3 is 4.79 Å². The van der Waals surface area contributed by atoms with Crippen molar-refractivity contribution >= 4 is 6.29 Å². The van der Waals surface area contributed by atoms with Gasteiger partial charge in [0, 0.05) is 5.41 Å². The molecule has 0 aromatic heterocycles. The van der Waals surface area contributed by atoms with Crippen LogP contribution in [-0.2, 0) is 4.79 Å². The lowest BCUT2D eigenvalue weighted by atomic mass is 9.44. The normalized spacial score (nSPS) is 54.2. The second-order valence-corrected chi connectivity index (χ2v) is 9.35. The van der Waals surface area contributed by atoms with E-state index in [4.69, 9.17) is 0 Å². The highest BCUT2D eigenvalue weighted by atomic mass is 16.1. The Hall–Kier alpha value is -0.330. The molecule has 1 nitrogen and oxygen atoms in total. The summed E-state index contributed by atoms with van der Waals surface area (Å²) in [5.74, 6) is 4.21. The molecular weight excluding hydrogens is 268 g/mol. The molecule has 0 aromatic rings. The topological polar surface area (TPSA) is 17.1 Å². The number of carbonyl (C=O) groups excluding carboxylic acids is 1. The standard InChI is InChI=1S/C21H34O/c1-3-15-8-10-19-17-9-7-16-6-4-5-12-20(16,2)18(17)11-13-21(15,19)14-22/h14-19H,3-13H2,1-2H3/t15-,16-,17+,18-,19-,20-,21-/m0/s1. The number of carbonyl (C=O) groups is 1. The number of hydrogen-bond acceptors (Lipinski definition) is 1. The molecule has 22 heavy (non-hydrogen) atoms. The molecule has 0 amide bonds. The molecule has 4 rings (SSSR count). The Bertz CT molecular complexity index is 443. The van der Waals surface area contributed by atoms with Crippen LogP contribution < -0.4 is 0 Å². The minimum Gasteiger partial charge on any atom is -0.303 e. The van der Waals surface area contributed by atoms with Crippen LogP contribution in [0.2, 0.25) is 0 Å². The Kier molecular flexibility index (Phi) is 3.70. The van der Waals surface area contributed by atoms with Gasteiger partial charge in [-0.1, -0.05) is 33.1 Å². The molecule has 4 aliphatic rings. The van der Waals surface area contributed by atoms with E-state index in [0.29, 0.717) is 11.3 Å². The van der Waals surface area contributed by atoms with Gasteiger partial charge >= 0.3 is 0 Å². The average Bonchev–Trinajstić information content (AvgIpc) is 2.93. The van der Waals surface area contributed by atoms with Gasteiger partial charge in [0.1, 0.15) is 6.29 Å². The van der Waals surface area contributed by atoms with E-state index >= 15 is 0 Å². The van der Waals surface area contributed by atoms with E-state index in [2.05, 4.69) is 13.8 Å². The van der Waals surface area contributed by atoms with Crippen molar-refractivity contribution in [3.63, 3.8) is 0 Å². The lowest BCUT2D eigenvalue weighted by Gasteiger charge is -2.60. The van der Waals surface area contributed by atoms with Crippen molar-refractivity contribution < 1.29 is 4.79 Å². The SMILES string of the molecule is CC[C@H]1CC[C@H]2[C@@H]3CC[C@@H]4CCCC[C@]4(C)[C@H]3CC[C@]12C=O. The third kappa shape index (κ3) is 1.86. The van der Waals surface area contributed by atoms with Crippen molar-refractivity contribution in [2.75, 3.05) is 0 Å². The van der Waals surface area contributed by atoms with Crippen LogP contribution in [0.25, 0.3) is 0 Å². The van der Waals surface area contributed by atoms with Crippen LogP contribution in [0.4, 0.5) is 0 Å². The lowest BCUT2D eigenvalue weighted by Crippen LogP contribution is -2.53. The quantitative estimate of drug-likeness (QED) is 0.605. The third-order valence-electron chi connectivity index (χ3n) is 9.06. The minimum atomic E-state index is 0.0772. The molecule has 124 valence electrons. The zero-order chi connectivity index (χ0) is 15.4. The van der Waals surface area contributed by atoms with Crippen LogP contribution in [0, 0.1) is 40.4 Å². The maximum Gasteiger partial charge on any atom is 0.126 e. The van der Waals surface area contributed by atoms with Crippen LogP contribution in [0.3, 0.4) is 0 Å². The van der Waals surface area contributed by atoms with Gasteiger partial charge in [-0.15, -0.1) is 0 Å². The predicted octanol–water partition coefficient (Wildman–Crippen LogP) is 5.62. The maximum atomic E-state index is 12.2. The zero-order valence-electron chi connectivity index (χ0n) is 14.7. The second kappa shape index (κ2) is 5.35. The predicted molar refractivity (Wildman–Crippen MR) is 90.5 cm³/mol. The van der Waals surface area contributed by atoms with E-state index in [0.717, 1.165) is 23.7 Å². The first-order valence-electron chi connectivity index (χ1n) is 10.1. The van der Waals surface area contributed by atoms with Crippen LogP contribution in [0.5, 0.6) is 0 Å². The second-order valence-electron chi connectivity index (χ2n) is 9.35. The fraction of sp³-hybridized carbons (Fsp3) is 0.952. The van der Waals surface area contributed by atoms with Crippen molar-refractivity contribution in [2.24, 2.45) is 40.4 Å². The zero-order valence-corrected chi connectivity index (χ0v) is 14.7. The molecule has 4 fully saturated rings. The molecule has 0 spiro atoms. The molecule has 0 saturated heterocycles. The Labute approximate surface area is 136 Å². The number of fused-ring (bicyclic) bond motifs is 5. The average molecular weight is 303 g/mol. The van der Waals surface area contributed by atoms with E-state index in [9.17, 15) is 4.79 Å². The number of rotatable bonds is 2. The Morgan fingerprint density at radius 3 is 2.59 bits per heavy atom. The van der Waals surface area contributed by atoms with Crippen LogP contribution >= 0.6 is 0 Å². The van der Waals surface area contributed by atoms with Crippen LogP contribution in [0.1, 0.15) is 84.5 Å². The summed E-state index contributed by atoms with van der Waals surface area (Å²) in [7, 11) is 0. The van der Waals surface area contributed by atoms with E-state index in [1.165, 1.54) is 76.9 Å². The summed E-state index contributed by atoms with van der Waals surface area (Å²) in [6, 6.07) is 0. The van der Waals surface area contributed by atoms with Crippen molar-refractivity contribution in [1.29, 1.82) is 0 Å². The first-order chi connectivity index (χ1) is 10.7. The van der Waals surface area contributed by atoms with Crippen molar-refractivity contribution in [2.45, 2.75) is 84.5 Å². The molecule has 0 N–H and O–H groups in total. The summed E-state index contributed by atoms with van der Waals surface area (Å²) < 4.78 is 0. The summed E-state index contributed by atoms with van der Waals surface area (Å²) in [6.07, 6.45) is 16.7. The molecule has 0 bridgehead atoms. The molecule has 0 heterocycles. The van der Waals surface area contributed by atoms with Crippen molar-refractivity contribution in [3.05, 3.63) is 0 Å². The molecule has 0 radical (unpaired) electrons. The monoisotopic (exact) mass is 302 g/mol. The maximum absolute atomic E-state index is 12.2. The Balaban J connectivity index is 1.65. The van der Waals surface area contributed by atoms with E-state index < -0.39 is 0 Å². The highest BCUT2D eigenvalue weighted by Gasteiger charge is 2.60. The molecule has 4 saturated carbocycles. The molecule has 1 heteroatoms. The smallest absolute Gasteiger partial charge is 0.126 e. The molecule has 4 aliphatic carbocycles. The van der Waals surface area contributed by atoms with Crippen molar-refractivity contribution in [1.82, 2.24) is 0 Å². The van der Waals surface area contributed by atoms with E-state index in [1.54, 1.807) is 0 Å². The molecule has 0 aromatic carbocycles. The summed E-state index contributed by atoms with van der Waals surface area (Å²) in [6.45, 7) is 4.94. The van der Waals surface area contributed by atoms with E-state index in [1.807, 2.05) is 0 Å². The number of hydrogen-bond donors (Lipinski definition) is 0. The molecule has 0 unspecified atom stereocenters. The van der Waals surface area contributed by atoms with Gasteiger partial charge in [-0.05, 0) is 86.4 Å². The van der Waals surface area contributed by atoms with E-state index in [-0.39, 0.29) is 5.41 Å². The first kappa shape index (κ1) is 15.2. The minimum absolute atomic E-state index is 0.0772. The summed E-state index contributed by atoms with van der Waals surface area (Å²) in [4.78, 5) is 12.2. The summed E-state index contributed by atoms with van der Waals surface area (Å²) in [5.41, 5.74) is 0.689. The lowest BCUT2D eigenvalue weighted by molar-refractivity contribution is -0.140. The highest BCUT2D eigenvalue weighted by Crippen LogP contribution is 2.67. The summed E-state index contributed by atoms with van der Waals surface area (Å²) >= 11 is 0. The van der Waals surface area contributed by atoms with Gasteiger partial charge in [0.25, 0.3) is 0 Å². The van der Waals surface area contributed by atoms with Crippen LogP contribution in [0.15, 0.2) is 0 Å². The third-order valence-corrected chi connectivity index (χ3v) is 9.06. The van der Waals surface area contributed by atoms with Crippen LogP contribution in [-0.4, -0.2) is 6.29 Å². The first-order valence-corrected chi connectivity index (χ1v) is 10.1. The van der Waals surface area contributed by atoms with Gasteiger partial charge in [0.05, 0.1) is 0 Å². The van der Waals surface area contributed by atoms with Gasteiger partial charge in [-0.2, -0.15) is 0 Å². The Morgan fingerprint density at radius 2 is 1.82 bits per heavy atom.